The third-order valence-corrected chi connectivity index (χ3v) is 84.1. The van der Waals surface area contributed by atoms with Crippen LogP contribution < -0.4 is 18.9 Å². The fourth-order valence-corrected chi connectivity index (χ4v) is 126. The maximum atomic E-state index is 2.70. The van der Waals surface area contributed by atoms with Crippen LogP contribution in [0.1, 0.15) is 0 Å². The Labute approximate surface area is 133 Å². The maximum absolute atomic E-state index is 2.70. The zero-order valence-electron chi connectivity index (χ0n) is 15.6. The number of hydrogen-bond donors (Lipinski definition) is 0. The smallest absolute Gasteiger partial charge is 0.192 e. The van der Waals surface area contributed by atoms with Crippen LogP contribution in [-0.2, 0) is 0 Å². The summed E-state index contributed by atoms with van der Waals surface area (Å²) in [6, 6.07) is 0. The minimum absolute atomic E-state index is 0. The van der Waals surface area contributed by atoms with Gasteiger partial charge in [-0.2, -0.15) is 20.5 Å². The molecule has 0 heterocycles. The molecule has 6 heteroatoms. The third-order valence-electron chi connectivity index (χ3n) is 4.85. The van der Waals surface area contributed by atoms with Crippen LogP contribution in [0.5, 0.6) is 0 Å². The Hall–Kier alpha value is 1.53. The van der Waals surface area contributed by atoms with E-state index in [9.17, 15) is 0 Å². The fraction of sp³-hybridized carbons (Fsp3) is 1.00. The Bertz CT molecular complexity index is 217. The topological polar surface area (TPSA) is 0 Å². The van der Waals surface area contributed by atoms with E-state index in [2.05, 4.69) is 79.4 Å². The molecule has 0 unspecified atom stereocenters. The molecule has 0 bridgehead atoms. The van der Waals surface area contributed by atoms with Crippen LogP contribution in [0.15, 0.2) is 0 Å². The molecule has 0 saturated carbocycles. The van der Waals surface area contributed by atoms with Crippen molar-refractivity contribution >= 4 is 35.0 Å². The average molecular weight is 311 g/mol. The number of rotatable bonds is 4. The van der Waals surface area contributed by atoms with Crippen molar-refractivity contribution in [3.05, 3.63) is 0 Å². The summed E-state index contributed by atoms with van der Waals surface area (Å²) in [5.74, 6) is 0. The Balaban J connectivity index is 0. The molecule has 0 amide bonds. The minimum Gasteiger partial charge on any atom is -0.192 e. The van der Waals surface area contributed by atoms with Crippen LogP contribution in [0.3, 0.4) is 0 Å². The van der Waals surface area contributed by atoms with Crippen LogP contribution in [0.2, 0.25) is 79.4 Å². The standard InChI is InChI=1S/C12H36BSi4.Li/c1-13(2,3)17(14(4,5)6,15(7,8)9)16(10,11)12;/h1-12H3;/q-1;+1. The first-order valence-corrected chi connectivity index (χ1v) is 22.8. The van der Waals surface area contributed by atoms with Gasteiger partial charge in [0.2, 0.25) is 0 Å². The third kappa shape index (κ3) is 3.40. The minimum atomic E-state index is -1.12. The van der Waals surface area contributed by atoms with Gasteiger partial charge in [-0.25, -0.2) is 0 Å². The van der Waals surface area contributed by atoms with E-state index < -0.39 is 29.3 Å². The van der Waals surface area contributed by atoms with Gasteiger partial charge < -0.3 is 0 Å². The van der Waals surface area contributed by atoms with Gasteiger partial charge in [-0.05, 0) is 28.5 Å². The molecule has 0 radical (unpaired) electrons. The van der Waals surface area contributed by atoms with Crippen LogP contribution in [0, 0.1) is 0 Å². The van der Waals surface area contributed by atoms with Crippen molar-refractivity contribution in [3.63, 3.8) is 0 Å². The van der Waals surface area contributed by atoms with Gasteiger partial charge in [0.25, 0.3) is 0 Å². The van der Waals surface area contributed by atoms with Gasteiger partial charge in [0.1, 0.15) is 0 Å². The van der Waals surface area contributed by atoms with Crippen LogP contribution >= 0.6 is 0 Å². The van der Waals surface area contributed by atoms with Gasteiger partial charge >= 0.3 is 18.9 Å². The first-order valence-electron chi connectivity index (χ1n) is 7.27. The van der Waals surface area contributed by atoms with Gasteiger partial charge in [0.15, 0.2) is 0 Å². The van der Waals surface area contributed by atoms with Gasteiger partial charge in [0, 0.05) is 0 Å². The summed E-state index contributed by atoms with van der Waals surface area (Å²) < 4.78 is 0. The number of hydrogen-bond acceptors (Lipinski definition) is 0. The van der Waals surface area contributed by atoms with E-state index in [0.717, 1.165) is 0 Å². The predicted octanol–water partition coefficient (Wildman–Crippen LogP) is 2.11. The molecule has 0 atom stereocenters. The van der Waals surface area contributed by atoms with Crippen molar-refractivity contribution in [2.24, 2.45) is 0 Å². The Kier molecular flexibility index (Phi) is 6.94. The van der Waals surface area contributed by atoms with Crippen molar-refractivity contribution in [1.82, 2.24) is 0 Å². The van der Waals surface area contributed by atoms with Gasteiger partial charge in [-0.3, -0.25) is 0 Å². The summed E-state index contributed by atoms with van der Waals surface area (Å²) in [7, 11) is -3.16. The first kappa shape index (κ1) is 21.8. The van der Waals surface area contributed by atoms with E-state index in [1.165, 1.54) is 0 Å². The zero-order chi connectivity index (χ0) is 14.5. The summed E-state index contributed by atoms with van der Waals surface area (Å²) in [5.41, 5.74) is -0.134. The molecule has 0 aliphatic heterocycles. The second-order valence-corrected chi connectivity index (χ2v) is 52.1. The van der Waals surface area contributed by atoms with Crippen LogP contribution in [0.4, 0.5) is 0 Å². The molecule has 18 heavy (non-hydrogen) atoms. The van der Waals surface area contributed by atoms with Crippen molar-refractivity contribution in [1.29, 1.82) is 0 Å². The molecule has 0 aromatic heterocycles. The molecule has 104 valence electrons. The fourth-order valence-electron chi connectivity index (χ4n) is 7.27. The van der Waals surface area contributed by atoms with Crippen molar-refractivity contribution in [3.8, 4) is 0 Å². The molecule has 0 aromatic carbocycles. The van der Waals surface area contributed by atoms with E-state index in [4.69, 9.17) is 0 Å². The summed E-state index contributed by atoms with van der Waals surface area (Å²) in [4.78, 5) is 0. The second-order valence-electron chi connectivity index (χ2n) is 10.2. The Morgan fingerprint density at radius 2 is 0.667 bits per heavy atom. The van der Waals surface area contributed by atoms with E-state index in [0.29, 0.717) is 0 Å². The van der Waals surface area contributed by atoms with E-state index in [-0.39, 0.29) is 24.6 Å². The molecule has 0 nitrogen and oxygen atoms in total. The predicted molar refractivity (Wildman–Crippen MR) is 99.1 cm³/mol. The quantitative estimate of drug-likeness (QED) is 0.698. The Morgan fingerprint density at radius 3 is 0.667 bits per heavy atom. The molecule has 0 spiro atoms. The van der Waals surface area contributed by atoms with E-state index >= 15 is 0 Å². The molecule has 0 aliphatic rings. The molecule has 0 fully saturated rings. The van der Waals surface area contributed by atoms with Crippen molar-refractivity contribution in [2.45, 2.75) is 79.4 Å². The second kappa shape index (κ2) is 5.73. The van der Waals surface area contributed by atoms with E-state index in [1.807, 2.05) is 0 Å². The molecule has 0 aromatic rings. The summed E-state index contributed by atoms with van der Waals surface area (Å²) >= 11 is 0. The molecule has 0 N–H and O–H groups in total. The molecule has 0 saturated heterocycles. The van der Waals surface area contributed by atoms with Gasteiger partial charge in [-0.15, -0.1) is 0 Å². The Morgan fingerprint density at radius 1 is 0.500 bits per heavy atom. The van der Waals surface area contributed by atoms with Crippen LogP contribution in [-0.4, -0.2) is 35.0 Å². The monoisotopic (exact) mass is 310 g/mol. The zero-order valence-corrected chi connectivity index (χ0v) is 19.6. The summed E-state index contributed by atoms with van der Waals surface area (Å²) in [5, 5.41) is 0. The molecule has 0 rings (SSSR count). The van der Waals surface area contributed by atoms with Gasteiger partial charge in [0.05, 0.1) is 0 Å². The maximum Gasteiger partial charge on any atom is 1.00 e. The van der Waals surface area contributed by atoms with Crippen molar-refractivity contribution < 1.29 is 18.9 Å². The molecular formula is C12H36BLiSi4. The summed E-state index contributed by atoms with van der Waals surface area (Å²) in [6.07, 6.45) is 0. The molecular weight excluding hydrogens is 274 g/mol. The first-order chi connectivity index (χ1) is 7.00. The largest absolute Gasteiger partial charge is 1.00 e. The van der Waals surface area contributed by atoms with E-state index in [1.54, 1.807) is 0 Å². The summed E-state index contributed by atoms with van der Waals surface area (Å²) in [6.45, 7) is 31.1. The average Bonchev–Trinajstić information content (AvgIpc) is 1.67. The van der Waals surface area contributed by atoms with Crippen molar-refractivity contribution in [2.75, 3.05) is 0 Å². The normalized spacial score (nSPS) is 15.3. The van der Waals surface area contributed by atoms with Crippen LogP contribution in [0.25, 0.3) is 0 Å². The molecule has 0 aliphatic carbocycles. The SMILES string of the molecule is C[B-](C)(C)[Si]([Si](C)(C)C)([Si](C)(C)C)[Si](C)(C)C.[Li+]. The van der Waals surface area contributed by atoms with Gasteiger partial charge in [-0.1, -0.05) is 65.4 Å².